The monoisotopic (exact) mass is 316 g/mol. The number of carbonyl (C=O) groups is 1. The molecule has 0 spiro atoms. The van der Waals surface area contributed by atoms with Crippen molar-refractivity contribution >= 4 is 35.8 Å². The summed E-state index contributed by atoms with van der Waals surface area (Å²) in [5.41, 5.74) is 8.83. The third kappa shape index (κ3) is 5.73. The molecule has 1 unspecified atom stereocenters. The van der Waals surface area contributed by atoms with Crippen LogP contribution in [0, 0.1) is 12.8 Å². The predicted octanol–water partition coefficient (Wildman–Crippen LogP) is 3.59. The second kappa shape index (κ2) is 9.27. The minimum absolute atomic E-state index is 0. The molecule has 0 bridgehead atoms. The second-order valence-electron chi connectivity index (χ2n) is 5.08. The van der Waals surface area contributed by atoms with Crippen molar-refractivity contribution in [2.24, 2.45) is 11.7 Å². The smallest absolute Gasteiger partial charge is 0.228 e. The SMILES string of the molecule is Cc1c(CSC(C)C)cccc1NC(=O)C(C)CN.Cl. The molecule has 1 rings (SSSR count). The van der Waals surface area contributed by atoms with Gasteiger partial charge in [-0.3, -0.25) is 4.79 Å². The maximum absolute atomic E-state index is 11.9. The van der Waals surface area contributed by atoms with Gasteiger partial charge in [0.25, 0.3) is 0 Å². The van der Waals surface area contributed by atoms with Crippen LogP contribution in [0.4, 0.5) is 5.69 Å². The summed E-state index contributed by atoms with van der Waals surface area (Å²) in [6.07, 6.45) is 0. The zero-order chi connectivity index (χ0) is 14.4. The summed E-state index contributed by atoms with van der Waals surface area (Å²) in [6, 6.07) is 6.05. The van der Waals surface area contributed by atoms with E-state index in [1.807, 2.05) is 30.8 Å². The summed E-state index contributed by atoms with van der Waals surface area (Å²) < 4.78 is 0. The lowest BCUT2D eigenvalue weighted by molar-refractivity contribution is -0.119. The average molecular weight is 317 g/mol. The Hall–Kier alpha value is -0.710. The number of anilines is 1. The van der Waals surface area contributed by atoms with E-state index in [4.69, 9.17) is 5.73 Å². The molecule has 0 aliphatic rings. The van der Waals surface area contributed by atoms with Crippen molar-refractivity contribution < 1.29 is 4.79 Å². The lowest BCUT2D eigenvalue weighted by atomic mass is 10.1. The highest BCUT2D eigenvalue weighted by molar-refractivity contribution is 7.99. The normalized spacial score (nSPS) is 11.9. The Bertz CT molecular complexity index is 438. The summed E-state index contributed by atoms with van der Waals surface area (Å²) in [5, 5.41) is 3.57. The van der Waals surface area contributed by atoms with E-state index in [1.54, 1.807) is 0 Å². The molecule has 0 saturated carbocycles. The van der Waals surface area contributed by atoms with Crippen molar-refractivity contribution in [3.63, 3.8) is 0 Å². The van der Waals surface area contributed by atoms with Crippen molar-refractivity contribution in [2.75, 3.05) is 11.9 Å². The molecule has 0 radical (unpaired) electrons. The molecular formula is C15H25ClN2OS. The molecule has 114 valence electrons. The van der Waals surface area contributed by atoms with Crippen LogP contribution >= 0.6 is 24.2 Å². The largest absolute Gasteiger partial charge is 0.330 e. The molecule has 0 aromatic heterocycles. The number of halogens is 1. The fraction of sp³-hybridized carbons (Fsp3) is 0.533. The van der Waals surface area contributed by atoms with E-state index in [2.05, 4.69) is 32.2 Å². The molecular weight excluding hydrogens is 292 g/mol. The highest BCUT2D eigenvalue weighted by atomic mass is 35.5. The van der Waals surface area contributed by atoms with Crippen LogP contribution in [0.15, 0.2) is 18.2 Å². The molecule has 3 N–H and O–H groups in total. The third-order valence-corrected chi connectivity index (χ3v) is 4.22. The molecule has 0 saturated heterocycles. The Kier molecular flexibility index (Phi) is 8.94. The third-order valence-electron chi connectivity index (χ3n) is 3.08. The Morgan fingerprint density at radius 1 is 1.35 bits per heavy atom. The first-order valence-corrected chi connectivity index (χ1v) is 7.71. The molecule has 1 amide bonds. The lowest BCUT2D eigenvalue weighted by Gasteiger charge is -2.15. The van der Waals surface area contributed by atoms with Gasteiger partial charge in [-0.05, 0) is 29.4 Å². The lowest BCUT2D eigenvalue weighted by Crippen LogP contribution is -2.27. The molecule has 3 nitrogen and oxygen atoms in total. The zero-order valence-corrected chi connectivity index (χ0v) is 14.2. The Labute approximate surface area is 132 Å². The molecule has 0 heterocycles. The van der Waals surface area contributed by atoms with E-state index in [1.165, 1.54) is 5.56 Å². The Morgan fingerprint density at radius 2 is 2.00 bits per heavy atom. The number of amides is 1. The van der Waals surface area contributed by atoms with Crippen LogP contribution in [0.5, 0.6) is 0 Å². The Balaban J connectivity index is 0.00000361. The zero-order valence-electron chi connectivity index (χ0n) is 12.6. The number of rotatable bonds is 6. The van der Waals surface area contributed by atoms with Gasteiger partial charge in [0, 0.05) is 23.9 Å². The molecule has 0 fully saturated rings. The summed E-state index contributed by atoms with van der Waals surface area (Å²) in [7, 11) is 0. The first-order valence-electron chi connectivity index (χ1n) is 6.66. The van der Waals surface area contributed by atoms with E-state index in [9.17, 15) is 4.79 Å². The second-order valence-corrected chi connectivity index (χ2v) is 6.64. The van der Waals surface area contributed by atoms with E-state index in [0.717, 1.165) is 17.0 Å². The number of nitrogens with two attached hydrogens (primary N) is 1. The highest BCUT2D eigenvalue weighted by Gasteiger charge is 2.13. The number of thioether (sulfide) groups is 1. The van der Waals surface area contributed by atoms with Crippen molar-refractivity contribution in [1.82, 2.24) is 0 Å². The van der Waals surface area contributed by atoms with Crippen LogP contribution in [-0.2, 0) is 10.5 Å². The maximum Gasteiger partial charge on any atom is 0.228 e. The van der Waals surface area contributed by atoms with Gasteiger partial charge in [0.15, 0.2) is 0 Å². The van der Waals surface area contributed by atoms with Gasteiger partial charge in [-0.25, -0.2) is 0 Å². The predicted molar refractivity (Wildman–Crippen MR) is 91.7 cm³/mol. The van der Waals surface area contributed by atoms with Gasteiger partial charge < -0.3 is 11.1 Å². The molecule has 5 heteroatoms. The van der Waals surface area contributed by atoms with Gasteiger partial charge in [0.05, 0.1) is 0 Å². The molecule has 1 atom stereocenters. The minimum Gasteiger partial charge on any atom is -0.330 e. The van der Waals surface area contributed by atoms with E-state index >= 15 is 0 Å². The number of hydrogen-bond donors (Lipinski definition) is 2. The number of carbonyl (C=O) groups excluding carboxylic acids is 1. The van der Waals surface area contributed by atoms with E-state index in [-0.39, 0.29) is 24.2 Å². The quantitative estimate of drug-likeness (QED) is 0.843. The average Bonchev–Trinajstić information content (AvgIpc) is 2.38. The van der Waals surface area contributed by atoms with Crippen molar-refractivity contribution in [1.29, 1.82) is 0 Å². The molecule has 0 aliphatic heterocycles. The van der Waals surface area contributed by atoms with Crippen LogP contribution in [-0.4, -0.2) is 17.7 Å². The van der Waals surface area contributed by atoms with Crippen LogP contribution in [0.2, 0.25) is 0 Å². The number of hydrogen-bond acceptors (Lipinski definition) is 3. The van der Waals surface area contributed by atoms with E-state index < -0.39 is 0 Å². The summed E-state index contributed by atoms with van der Waals surface area (Å²) >= 11 is 1.90. The van der Waals surface area contributed by atoms with Gasteiger partial charge in [0.1, 0.15) is 0 Å². The van der Waals surface area contributed by atoms with E-state index in [0.29, 0.717) is 11.8 Å². The fourth-order valence-corrected chi connectivity index (χ4v) is 2.42. The van der Waals surface area contributed by atoms with Gasteiger partial charge >= 0.3 is 0 Å². The van der Waals surface area contributed by atoms with Crippen LogP contribution in [0.3, 0.4) is 0 Å². The molecule has 1 aromatic carbocycles. The minimum atomic E-state index is -0.159. The van der Waals surface area contributed by atoms with Crippen molar-refractivity contribution in [3.8, 4) is 0 Å². The standard InChI is InChI=1S/C15H24N2OS.ClH/c1-10(2)19-9-13-6-5-7-14(12(13)4)17-15(18)11(3)8-16;/h5-7,10-11H,8-9,16H2,1-4H3,(H,17,18);1H. The first kappa shape index (κ1) is 19.3. The maximum atomic E-state index is 11.9. The summed E-state index contributed by atoms with van der Waals surface area (Å²) in [5.74, 6) is 0.798. The molecule has 0 aliphatic carbocycles. The van der Waals surface area contributed by atoms with Crippen LogP contribution in [0.25, 0.3) is 0 Å². The fourth-order valence-electron chi connectivity index (χ4n) is 1.59. The Morgan fingerprint density at radius 3 is 2.55 bits per heavy atom. The van der Waals surface area contributed by atoms with Gasteiger partial charge in [-0.1, -0.05) is 32.9 Å². The highest BCUT2D eigenvalue weighted by Crippen LogP contribution is 2.25. The van der Waals surface area contributed by atoms with Crippen molar-refractivity contribution in [3.05, 3.63) is 29.3 Å². The molecule has 20 heavy (non-hydrogen) atoms. The van der Waals surface area contributed by atoms with Gasteiger partial charge in [-0.2, -0.15) is 11.8 Å². The van der Waals surface area contributed by atoms with Crippen molar-refractivity contribution in [2.45, 2.75) is 38.7 Å². The van der Waals surface area contributed by atoms with Gasteiger partial charge in [-0.15, -0.1) is 12.4 Å². The van der Waals surface area contributed by atoms with Crippen LogP contribution in [0.1, 0.15) is 31.9 Å². The molecule has 1 aromatic rings. The number of benzene rings is 1. The topological polar surface area (TPSA) is 55.1 Å². The van der Waals surface area contributed by atoms with Crippen LogP contribution < -0.4 is 11.1 Å². The summed E-state index contributed by atoms with van der Waals surface area (Å²) in [4.78, 5) is 11.9. The summed E-state index contributed by atoms with van der Waals surface area (Å²) in [6.45, 7) is 8.64. The number of nitrogens with one attached hydrogen (secondary N) is 1. The first-order chi connectivity index (χ1) is 8.95. The van der Waals surface area contributed by atoms with Gasteiger partial charge in [0.2, 0.25) is 5.91 Å².